The zero-order valence-corrected chi connectivity index (χ0v) is 11.0. The lowest BCUT2D eigenvalue weighted by molar-refractivity contribution is -0.139. The summed E-state index contributed by atoms with van der Waals surface area (Å²) in [6.07, 6.45) is 0.769. The number of hydrogen-bond donors (Lipinski definition) is 2. The van der Waals surface area contributed by atoms with Crippen molar-refractivity contribution in [2.24, 2.45) is 0 Å². The second kappa shape index (κ2) is 5.63. The Labute approximate surface area is 109 Å². The van der Waals surface area contributed by atoms with E-state index in [0.29, 0.717) is 0 Å². The molecule has 1 aliphatic heterocycles. The number of hydrogen-bond acceptors (Lipinski definition) is 3. The lowest BCUT2D eigenvalue weighted by Crippen LogP contribution is -2.53. The van der Waals surface area contributed by atoms with Crippen LogP contribution in [0.3, 0.4) is 0 Å². The summed E-state index contributed by atoms with van der Waals surface area (Å²) in [6, 6.07) is 8.77. The number of carbonyl (C=O) groups is 1. The molecule has 2 N–H and O–H groups in total. The first-order valence-corrected chi connectivity index (χ1v) is 7.42. The Morgan fingerprint density at radius 3 is 2.67 bits per heavy atom. The maximum absolute atomic E-state index is 12.1. The number of benzene rings is 1. The summed E-state index contributed by atoms with van der Waals surface area (Å²) < 4.78 is 12.1. The van der Waals surface area contributed by atoms with Gasteiger partial charge in [0.1, 0.15) is 6.04 Å². The van der Waals surface area contributed by atoms with Crippen LogP contribution in [0.25, 0.3) is 0 Å². The number of carboxylic acid groups (broad SMARTS) is 1. The third-order valence-corrected chi connectivity index (χ3v) is 5.22. The van der Waals surface area contributed by atoms with Crippen LogP contribution in [0.1, 0.15) is 24.9 Å². The van der Waals surface area contributed by atoms with E-state index in [1.807, 2.05) is 37.3 Å². The summed E-state index contributed by atoms with van der Waals surface area (Å²) in [5.74, 6) is -0.740. The highest BCUT2D eigenvalue weighted by molar-refractivity contribution is 7.85. The molecule has 1 aromatic carbocycles. The molecule has 4 nitrogen and oxygen atoms in total. The summed E-state index contributed by atoms with van der Waals surface area (Å²) in [5, 5.41) is 12.2. The first-order valence-electron chi connectivity index (χ1n) is 6.04. The monoisotopic (exact) mass is 267 g/mol. The van der Waals surface area contributed by atoms with Gasteiger partial charge in [0.05, 0.1) is 11.0 Å². The molecule has 0 spiro atoms. The summed E-state index contributed by atoms with van der Waals surface area (Å²) >= 11 is 0. The van der Waals surface area contributed by atoms with E-state index in [4.69, 9.17) is 5.11 Å². The van der Waals surface area contributed by atoms with Gasteiger partial charge in [-0.3, -0.25) is 14.3 Å². The van der Waals surface area contributed by atoms with Gasteiger partial charge in [0, 0.05) is 16.8 Å². The third-order valence-electron chi connectivity index (χ3n) is 3.28. The zero-order valence-electron chi connectivity index (χ0n) is 10.2. The Balaban J connectivity index is 2.29. The molecule has 98 valence electrons. The number of aliphatic carboxylic acids is 1. The van der Waals surface area contributed by atoms with Crippen molar-refractivity contribution in [1.29, 1.82) is 0 Å². The fourth-order valence-electron chi connectivity index (χ4n) is 2.35. The van der Waals surface area contributed by atoms with Gasteiger partial charge >= 0.3 is 5.97 Å². The molecule has 1 aliphatic rings. The van der Waals surface area contributed by atoms with Crippen molar-refractivity contribution in [2.75, 3.05) is 5.75 Å². The molecule has 1 saturated heterocycles. The first kappa shape index (κ1) is 13.2. The fourth-order valence-corrected chi connectivity index (χ4v) is 4.07. The first-order chi connectivity index (χ1) is 8.63. The Morgan fingerprint density at radius 2 is 2.11 bits per heavy atom. The van der Waals surface area contributed by atoms with Crippen LogP contribution >= 0.6 is 0 Å². The van der Waals surface area contributed by atoms with Gasteiger partial charge in [0.2, 0.25) is 0 Å². The maximum atomic E-state index is 12.1. The topological polar surface area (TPSA) is 66.4 Å². The van der Waals surface area contributed by atoms with Gasteiger partial charge in [-0.15, -0.1) is 0 Å². The van der Waals surface area contributed by atoms with Crippen LogP contribution in [0.5, 0.6) is 0 Å². The number of nitrogens with one attached hydrogen (secondary N) is 1. The molecule has 4 atom stereocenters. The van der Waals surface area contributed by atoms with Crippen molar-refractivity contribution < 1.29 is 14.1 Å². The van der Waals surface area contributed by atoms with E-state index in [-0.39, 0.29) is 17.0 Å². The Morgan fingerprint density at radius 1 is 1.44 bits per heavy atom. The fraction of sp³-hybridized carbons (Fsp3) is 0.462. The third kappa shape index (κ3) is 2.62. The molecule has 1 aromatic rings. The number of rotatable bonds is 3. The molecule has 1 fully saturated rings. The van der Waals surface area contributed by atoms with Gasteiger partial charge in [-0.25, -0.2) is 0 Å². The molecule has 0 amide bonds. The van der Waals surface area contributed by atoms with Gasteiger partial charge in [0.25, 0.3) is 0 Å². The number of carboxylic acids is 1. The van der Waals surface area contributed by atoms with E-state index in [1.54, 1.807) is 0 Å². The van der Waals surface area contributed by atoms with Crippen LogP contribution in [0.4, 0.5) is 0 Å². The van der Waals surface area contributed by atoms with E-state index in [0.717, 1.165) is 12.0 Å². The minimum Gasteiger partial charge on any atom is -0.480 e. The van der Waals surface area contributed by atoms with Crippen molar-refractivity contribution >= 4 is 16.8 Å². The average molecular weight is 267 g/mol. The van der Waals surface area contributed by atoms with Crippen molar-refractivity contribution in [2.45, 2.75) is 30.7 Å². The van der Waals surface area contributed by atoms with Crippen molar-refractivity contribution in [1.82, 2.24) is 5.32 Å². The molecular formula is C13H17NO3S. The Hall–Kier alpha value is -1.20. The van der Waals surface area contributed by atoms with E-state index >= 15 is 0 Å². The van der Waals surface area contributed by atoms with Crippen LogP contribution in [-0.4, -0.2) is 32.3 Å². The molecule has 5 heteroatoms. The molecule has 0 bridgehead atoms. The molecule has 1 heterocycles. The largest absolute Gasteiger partial charge is 0.480 e. The lowest BCUT2D eigenvalue weighted by atomic mass is 10.0. The van der Waals surface area contributed by atoms with E-state index in [9.17, 15) is 9.00 Å². The summed E-state index contributed by atoms with van der Waals surface area (Å²) in [5.41, 5.74) is 1.00. The van der Waals surface area contributed by atoms with Crippen LogP contribution in [0, 0.1) is 0 Å². The summed E-state index contributed by atoms with van der Waals surface area (Å²) in [7, 11) is -1.10. The van der Waals surface area contributed by atoms with Gasteiger partial charge in [0.15, 0.2) is 0 Å². The molecule has 18 heavy (non-hydrogen) atoms. The van der Waals surface area contributed by atoms with Gasteiger partial charge in [-0.1, -0.05) is 37.3 Å². The minimum atomic E-state index is -1.10. The highest BCUT2D eigenvalue weighted by Crippen LogP contribution is 2.27. The molecule has 2 rings (SSSR count). The van der Waals surface area contributed by atoms with Crippen LogP contribution in [-0.2, 0) is 15.6 Å². The normalized spacial score (nSPS) is 32.1. The average Bonchev–Trinajstić information content (AvgIpc) is 2.38. The van der Waals surface area contributed by atoms with E-state index in [1.165, 1.54) is 0 Å². The quantitative estimate of drug-likeness (QED) is 0.866. The molecule has 0 aromatic heterocycles. The lowest BCUT2D eigenvalue weighted by Gasteiger charge is -2.35. The van der Waals surface area contributed by atoms with Gasteiger partial charge < -0.3 is 5.11 Å². The molecule has 0 radical (unpaired) electrons. The summed E-state index contributed by atoms with van der Waals surface area (Å²) in [6.45, 7) is 1.99. The zero-order chi connectivity index (χ0) is 13.1. The van der Waals surface area contributed by atoms with Crippen LogP contribution < -0.4 is 5.32 Å². The highest BCUT2D eigenvalue weighted by Gasteiger charge is 2.37. The van der Waals surface area contributed by atoms with Gasteiger partial charge in [-0.05, 0) is 12.0 Å². The molecule has 0 saturated carbocycles. The van der Waals surface area contributed by atoms with Crippen LogP contribution in [0.2, 0.25) is 0 Å². The van der Waals surface area contributed by atoms with Crippen molar-refractivity contribution in [3.63, 3.8) is 0 Å². The molecule has 0 aliphatic carbocycles. The Bertz CT molecular complexity index is 449. The Kier molecular flexibility index (Phi) is 4.14. The minimum absolute atomic E-state index is 0.0250. The van der Waals surface area contributed by atoms with E-state index < -0.39 is 22.8 Å². The predicted molar refractivity (Wildman–Crippen MR) is 70.8 cm³/mol. The predicted octanol–water partition coefficient (Wildman–Crippen LogP) is 1.31. The molecule has 4 unspecified atom stereocenters. The van der Waals surface area contributed by atoms with Crippen LogP contribution in [0.15, 0.2) is 30.3 Å². The SMILES string of the molecule is CCC1C(c2ccccc2)NC(C(=O)O)CS1=O. The summed E-state index contributed by atoms with van der Waals surface area (Å²) in [4.78, 5) is 11.1. The van der Waals surface area contributed by atoms with E-state index in [2.05, 4.69) is 5.32 Å². The van der Waals surface area contributed by atoms with Crippen molar-refractivity contribution in [3.05, 3.63) is 35.9 Å². The van der Waals surface area contributed by atoms with Gasteiger partial charge in [-0.2, -0.15) is 0 Å². The maximum Gasteiger partial charge on any atom is 0.321 e. The smallest absolute Gasteiger partial charge is 0.321 e. The second-order valence-electron chi connectivity index (χ2n) is 4.44. The highest BCUT2D eigenvalue weighted by atomic mass is 32.2. The standard InChI is InChI=1S/C13H17NO3S/c1-2-11-12(9-6-4-3-5-7-9)14-10(13(15)16)8-18(11)17/h3-7,10-12,14H,2,8H2,1H3,(H,15,16). The molecular weight excluding hydrogens is 250 g/mol. The second-order valence-corrected chi connectivity index (χ2v) is 6.14. The van der Waals surface area contributed by atoms with Crippen molar-refractivity contribution in [3.8, 4) is 0 Å².